The average Bonchev–Trinajstić information content (AvgIpc) is 2.86. The van der Waals surface area contributed by atoms with Crippen LogP contribution in [0.3, 0.4) is 0 Å². The summed E-state index contributed by atoms with van der Waals surface area (Å²) in [6.45, 7) is -0.784. The Balaban J connectivity index is 2.07. The van der Waals surface area contributed by atoms with Crippen LogP contribution in [-0.4, -0.2) is 57.6 Å². The second-order valence-electron chi connectivity index (χ2n) is 4.28. The highest BCUT2D eigenvalue weighted by Crippen LogP contribution is 2.13. The molecule has 4 amide bonds. The molecule has 0 spiro atoms. The van der Waals surface area contributed by atoms with Crippen LogP contribution in [0.25, 0.3) is 0 Å². The zero-order valence-electron chi connectivity index (χ0n) is 10.2. The number of carbonyl (C=O) groups is 5. The summed E-state index contributed by atoms with van der Waals surface area (Å²) < 4.78 is 0. The first kappa shape index (κ1) is 13.7. The van der Waals surface area contributed by atoms with Gasteiger partial charge >= 0.3 is 5.97 Å². The Bertz CT molecular complexity index is 496. The molecule has 2 aliphatic rings. The van der Waals surface area contributed by atoms with Crippen molar-refractivity contribution in [3.8, 4) is 0 Å². The summed E-state index contributed by atoms with van der Waals surface area (Å²) in [5, 5.41) is 9.10. The molecule has 0 saturated carbocycles. The summed E-state index contributed by atoms with van der Waals surface area (Å²) in [7, 11) is 0. The van der Waals surface area contributed by atoms with Crippen molar-refractivity contribution in [3.63, 3.8) is 0 Å². The summed E-state index contributed by atoms with van der Waals surface area (Å²) in [4.78, 5) is 58.2. The number of carboxylic acid groups (broad SMARTS) is 1. The van der Waals surface area contributed by atoms with Crippen molar-refractivity contribution >= 4 is 29.6 Å². The minimum absolute atomic E-state index is 0.392. The van der Waals surface area contributed by atoms with Crippen LogP contribution >= 0.6 is 0 Å². The quantitative estimate of drug-likeness (QED) is 0.615. The zero-order chi connectivity index (χ0) is 14.9. The molecule has 8 heteroatoms. The molecule has 0 aliphatic carbocycles. The molecule has 0 fully saturated rings. The minimum atomic E-state index is -1.30. The Kier molecular flexibility index (Phi) is 3.47. The van der Waals surface area contributed by atoms with Gasteiger partial charge in [-0.1, -0.05) is 0 Å². The molecule has 0 unspecified atom stereocenters. The summed E-state index contributed by atoms with van der Waals surface area (Å²) in [5.74, 6) is -4.98. The number of hydrogen-bond donors (Lipinski definition) is 1. The van der Waals surface area contributed by atoms with E-state index in [4.69, 9.17) is 5.11 Å². The van der Waals surface area contributed by atoms with E-state index >= 15 is 0 Å². The summed E-state index contributed by atoms with van der Waals surface area (Å²) >= 11 is 0. The van der Waals surface area contributed by atoms with Gasteiger partial charge in [-0.3, -0.25) is 33.8 Å². The van der Waals surface area contributed by atoms with Gasteiger partial charge in [0.1, 0.15) is 0 Å². The van der Waals surface area contributed by atoms with Gasteiger partial charge in [0.05, 0.1) is 5.92 Å². The molecule has 1 N–H and O–H groups in total. The molecule has 2 aliphatic heterocycles. The number of hydrogen-bond acceptors (Lipinski definition) is 5. The van der Waals surface area contributed by atoms with Crippen LogP contribution in [0.15, 0.2) is 24.3 Å². The van der Waals surface area contributed by atoms with E-state index in [1.165, 1.54) is 0 Å². The Hall–Kier alpha value is -2.77. The van der Waals surface area contributed by atoms with Crippen molar-refractivity contribution in [1.82, 2.24) is 9.80 Å². The number of carbonyl (C=O) groups excluding carboxylic acids is 4. The number of imide groups is 2. The molecular formula is C12H10N2O6. The third kappa shape index (κ3) is 2.48. The van der Waals surface area contributed by atoms with E-state index in [0.29, 0.717) is 0 Å². The number of amides is 4. The highest BCUT2D eigenvalue weighted by Gasteiger charge is 2.34. The number of aliphatic carboxylic acids is 1. The topological polar surface area (TPSA) is 112 Å². The summed E-state index contributed by atoms with van der Waals surface area (Å²) in [5.41, 5.74) is 0. The fraction of sp³-hybridized carbons (Fsp3) is 0.250. The zero-order valence-corrected chi connectivity index (χ0v) is 10.2. The van der Waals surface area contributed by atoms with Crippen LogP contribution < -0.4 is 0 Å². The van der Waals surface area contributed by atoms with Gasteiger partial charge in [0, 0.05) is 37.4 Å². The molecule has 2 heterocycles. The first-order valence-corrected chi connectivity index (χ1v) is 5.70. The molecule has 104 valence electrons. The van der Waals surface area contributed by atoms with E-state index in [9.17, 15) is 24.0 Å². The first-order valence-electron chi connectivity index (χ1n) is 5.70. The van der Waals surface area contributed by atoms with Gasteiger partial charge in [-0.25, -0.2) is 0 Å². The Morgan fingerprint density at radius 3 is 1.40 bits per heavy atom. The maximum Gasteiger partial charge on any atom is 0.310 e. The molecule has 0 bridgehead atoms. The van der Waals surface area contributed by atoms with Crippen LogP contribution in [0.4, 0.5) is 0 Å². The molecule has 0 aromatic carbocycles. The standard InChI is InChI=1S/C12H10N2O6/c15-8-1-2-9(16)13(8)5-7(12(19)20)6-14-10(17)3-4-11(14)18/h1-4,7H,5-6H2,(H,19,20). The van der Waals surface area contributed by atoms with Gasteiger partial charge in [0.15, 0.2) is 0 Å². The summed E-state index contributed by atoms with van der Waals surface area (Å²) in [6.07, 6.45) is 4.15. The maximum atomic E-state index is 11.4. The van der Waals surface area contributed by atoms with E-state index in [-0.39, 0.29) is 0 Å². The lowest BCUT2D eigenvalue weighted by molar-refractivity contribution is -0.146. The van der Waals surface area contributed by atoms with Gasteiger partial charge in [-0.05, 0) is 0 Å². The van der Waals surface area contributed by atoms with Gasteiger partial charge in [-0.15, -0.1) is 0 Å². The number of carboxylic acids is 1. The SMILES string of the molecule is O=C(O)C(CN1C(=O)C=CC1=O)CN1C(=O)C=CC1=O. The molecule has 0 aromatic rings. The van der Waals surface area contributed by atoms with Crippen molar-refractivity contribution in [2.45, 2.75) is 0 Å². The normalized spacial score (nSPS) is 18.1. The Morgan fingerprint density at radius 2 is 1.15 bits per heavy atom. The third-order valence-corrected chi connectivity index (χ3v) is 2.96. The maximum absolute atomic E-state index is 11.4. The number of nitrogens with zero attached hydrogens (tertiary/aromatic N) is 2. The van der Waals surface area contributed by atoms with Crippen molar-refractivity contribution in [1.29, 1.82) is 0 Å². The van der Waals surface area contributed by atoms with Crippen LogP contribution in [0, 0.1) is 5.92 Å². The Morgan fingerprint density at radius 1 is 0.850 bits per heavy atom. The molecule has 20 heavy (non-hydrogen) atoms. The second kappa shape index (κ2) is 5.08. The van der Waals surface area contributed by atoms with Crippen molar-refractivity contribution in [2.24, 2.45) is 5.92 Å². The van der Waals surface area contributed by atoms with Crippen molar-refractivity contribution in [3.05, 3.63) is 24.3 Å². The average molecular weight is 278 g/mol. The molecule has 8 nitrogen and oxygen atoms in total. The second-order valence-corrected chi connectivity index (χ2v) is 4.28. The molecular weight excluding hydrogens is 268 g/mol. The number of rotatable bonds is 5. The predicted octanol–water partition coefficient (Wildman–Crippen LogP) is -1.46. The lowest BCUT2D eigenvalue weighted by Gasteiger charge is -2.23. The smallest absolute Gasteiger partial charge is 0.310 e. The van der Waals surface area contributed by atoms with Gasteiger partial charge in [0.2, 0.25) is 0 Å². The van der Waals surface area contributed by atoms with Crippen LogP contribution in [0.5, 0.6) is 0 Å². The first-order chi connectivity index (χ1) is 9.40. The van der Waals surface area contributed by atoms with Crippen molar-refractivity contribution in [2.75, 3.05) is 13.1 Å². The fourth-order valence-corrected chi connectivity index (χ4v) is 1.88. The lowest BCUT2D eigenvalue weighted by Crippen LogP contribution is -2.44. The van der Waals surface area contributed by atoms with Gasteiger partial charge < -0.3 is 5.11 Å². The van der Waals surface area contributed by atoms with Crippen LogP contribution in [0.2, 0.25) is 0 Å². The fourth-order valence-electron chi connectivity index (χ4n) is 1.88. The predicted molar refractivity (Wildman–Crippen MR) is 62.8 cm³/mol. The van der Waals surface area contributed by atoms with Crippen molar-refractivity contribution < 1.29 is 29.1 Å². The van der Waals surface area contributed by atoms with E-state index in [2.05, 4.69) is 0 Å². The molecule has 2 rings (SSSR count). The minimum Gasteiger partial charge on any atom is -0.481 e. The Labute approximate surface area is 112 Å². The van der Waals surface area contributed by atoms with E-state index in [1.807, 2.05) is 0 Å². The van der Waals surface area contributed by atoms with Crippen LogP contribution in [0.1, 0.15) is 0 Å². The third-order valence-electron chi connectivity index (χ3n) is 2.96. The molecule has 0 atom stereocenters. The highest BCUT2D eigenvalue weighted by atomic mass is 16.4. The molecule has 0 saturated heterocycles. The van der Waals surface area contributed by atoms with Gasteiger partial charge in [0.25, 0.3) is 23.6 Å². The largest absolute Gasteiger partial charge is 0.481 e. The van der Waals surface area contributed by atoms with E-state index in [1.54, 1.807) is 0 Å². The monoisotopic (exact) mass is 278 g/mol. The molecule has 0 aromatic heterocycles. The van der Waals surface area contributed by atoms with Gasteiger partial charge in [-0.2, -0.15) is 0 Å². The summed E-state index contributed by atoms with van der Waals surface area (Å²) in [6, 6.07) is 0. The molecule has 0 radical (unpaired) electrons. The van der Waals surface area contributed by atoms with E-state index in [0.717, 1.165) is 34.1 Å². The van der Waals surface area contributed by atoms with Crippen LogP contribution in [-0.2, 0) is 24.0 Å². The lowest BCUT2D eigenvalue weighted by atomic mass is 10.1. The highest BCUT2D eigenvalue weighted by molar-refractivity contribution is 6.14. The van der Waals surface area contributed by atoms with E-state index < -0.39 is 48.6 Å².